The maximum atomic E-state index is 13.0. The Bertz CT molecular complexity index is 1240. The second-order valence-electron chi connectivity index (χ2n) is 7.40. The molecule has 3 aromatic rings. The van der Waals surface area contributed by atoms with Crippen LogP contribution in [-0.2, 0) is 16.4 Å². The van der Waals surface area contributed by atoms with Gasteiger partial charge in [-0.05, 0) is 79.9 Å². The van der Waals surface area contributed by atoms with Gasteiger partial charge in [-0.1, -0.05) is 29.3 Å². The van der Waals surface area contributed by atoms with Crippen molar-refractivity contribution in [1.29, 1.82) is 0 Å². The van der Waals surface area contributed by atoms with Gasteiger partial charge in [0.1, 0.15) is 0 Å². The van der Waals surface area contributed by atoms with Gasteiger partial charge in [-0.3, -0.25) is 9.10 Å². The summed E-state index contributed by atoms with van der Waals surface area (Å²) in [6.07, 6.45) is 0.548. The van der Waals surface area contributed by atoms with Gasteiger partial charge in [-0.15, -0.1) is 0 Å². The zero-order chi connectivity index (χ0) is 21.5. The first-order chi connectivity index (χ1) is 14.3. The van der Waals surface area contributed by atoms with Crippen molar-refractivity contribution in [3.05, 3.63) is 87.9 Å². The van der Waals surface area contributed by atoms with Crippen molar-refractivity contribution in [3.63, 3.8) is 0 Å². The third-order valence-electron chi connectivity index (χ3n) is 5.23. The van der Waals surface area contributed by atoms with E-state index in [1.807, 2.05) is 32.0 Å². The van der Waals surface area contributed by atoms with E-state index in [4.69, 9.17) is 11.6 Å². The summed E-state index contributed by atoms with van der Waals surface area (Å²) in [6, 6.07) is 17.1. The first kappa shape index (κ1) is 20.4. The van der Waals surface area contributed by atoms with Crippen molar-refractivity contribution in [2.45, 2.75) is 25.2 Å². The molecule has 0 saturated carbocycles. The molecule has 0 fully saturated rings. The smallest absolute Gasteiger partial charge is 0.264 e. The Hall–Kier alpha value is -2.83. The largest absolute Gasteiger partial charge is 0.322 e. The van der Waals surface area contributed by atoms with E-state index in [0.717, 1.165) is 22.4 Å². The van der Waals surface area contributed by atoms with Crippen molar-refractivity contribution in [2.75, 3.05) is 16.2 Å². The molecule has 0 atom stereocenters. The molecule has 1 amide bonds. The summed E-state index contributed by atoms with van der Waals surface area (Å²) in [5.74, 6) is -0.219. The molecular weight excluding hydrogens is 420 g/mol. The number of nitrogens with one attached hydrogen (secondary N) is 1. The first-order valence-electron chi connectivity index (χ1n) is 9.55. The van der Waals surface area contributed by atoms with Gasteiger partial charge in [0.25, 0.3) is 15.9 Å². The monoisotopic (exact) mass is 440 g/mol. The highest BCUT2D eigenvalue weighted by Gasteiger charge is 2.31. The standard InChI is InChI=1S/C23H21ClN2O3S/c1-15-3-9-21(16(2)13-15)25-23(27)18-4-10-22-17(14-18)11-12-26(22)30(28,29)20-7-5-19(24)6-8-20/h3-10,13-14H,11-12H2,1-2H3,(H,25,27). The van der Waals surface area contributed by atoms with Gasteiger partial charge in [0, 0.05) is 22.8 Å². The minimum absolute atomic E-state index is 0.191. The predicted octanol–water partition coefficient (Wildman–Crippen LogP) is 4.96. The Morgan fingerprint density at radius 3 is 2.43 bits per heavy atom. The zero-order valence-corrected chi connectivity index (χ0v) is 18.2. The third kappa shape index (κ3) is 3.80. The second-order valence-corrected chi connectivity index (χ2v) is 9.70. The van der Waals surface area contributed by atoms with Gasteiger partial charge in [0.05, 0.1) is 10.6 Å². The summed E-state index contributed by atoms with van der Waals surface area (Å²) in [5, 5.41) is 3.42. The Morgan fingerprint density at radius 1 is 1.00 bits per heavy atom. The Morgan fingerprint density at radius 2 is 1.73 bits per heavy atom. The number of hydrogen-bond donors (Lipinski definition) is 1. The number of halogens is 1. The number of amides is 1. The Kier molecular flexibility index (Phi) is 5.30. The van der Waals surface area contributed by atoms with Crippen molar-refractivity contribution in [2.24, 2.45) is 0 Å². The molecule has 3 aromatic carbocycles. The number of nitrogens with zero attached hydrogens (tertiary/aromatic N) is 1. The lowest BCUT2D eigenvalue weighted by Gasteiger charge is -2.20. The molecule has 0 unspecified atom stereocenters. The molecule has 0 saturated heterocycles. The highest BCUT2D eigenvalue weighted by atomic mass is 35.5. The summed E-state index contributed by atoms with van der Waals surface area (Å²) in [4.78, 5) is 12.9. The van der Waals surface area contributed by atoms with Crippen LogP contribution < -0.4 is 9.62 Å². The van der Waals surface area contributed by atoms with Crippen LogP contribution in [0, 0.1) is 13.8 Å². The van der Waals surface area contributed by atoms with Crippen LogP contribution >= 0.6 is 11.6 Å². The summed E-state index contributed by atoms with van der Waals surface area (Å²) in [6.45, 7) is 4.29. The lowest BCUT2D eigenvalue weighted by molar-refractivity contribution is 0.102. The number of rotatable bonds is 4. The third-order valence-corrected chi connectivity index (χ3v) is 7.31. The highest BCUT2D eigenvalue weighted by molar-refractivity contribution is 7.92. The number of benzene rings is 3. The van der Waals surface area contributed by atoms with E-state index in [-0.39, 0.29) is 10.8 Å². The highest BCUT2D eigenvalue weighted by Crippen LogP contribution is 2.34. The number of sulfonamides is 1. The van der Waals surface area contributed by atoms with Crippen LogP contribution in [0.2, 0.25) is 5.02 Å². The van der Waals surface area contributed by atoms with E-state index in [1.165, 1.54) is 16.4 Å². The molecule has 0 aliphatic carbocycles. The van der Waals surface area contributed by atoms with Crippen molar-refractivity contribution < 1.29 is 13.2 Å². The molecule has 154 valence electrons. The molecular formula is C23H21ClN2O3S. The lowest BCUT2D eigenvalue weighted by atomic mass is 10.1. The zero-order valence-electron chi connectivity index (χ0n) is 16.6. The van der Waals surface area contributed by atoms with E-state index in [0.29, 0.717) is 29.2 Å². The molecule has 4 rings (SSSR count). The minimum Gasteiger partial charge on any atom is -0.322 e. The number of anilines is 2. The quantitative estimate of drug-likeness (QED) is 0.623. The molecule has 7 heteroatoms. The van der Waals surface area contributed by atoms with Crippen LogP contribution in [0.5, 0.6) is 0 Å². The van der Waals surface area contributed by atoms with Crippen molar-refractivity contribution in [3.8, 4) is 0 Å². The molecule has 1 N–H and O–H groups in total. The van der Waals surface area contributed by atoms with Crippen LogP contribution in [0.4, 0.5) is 11.4 Å². The SMILES string of the molecule is Cc1ccc(NC(=O)c2ccc3c(c2)CCN3S(=O)(=O)c2ccc(Cl)cc2)c(C)c1. The van der Waals surface area contributed by atoms with Crippen molar-refractivity contribution in [1.82, 2.24) is 0 Å². The maximum absolute atomic E-state index is 13.0. The average Bonchev–Trinajstić information content (AvgIpc) is 3.14. The number of carbonyl (C=O) groups is 1. The molecule has 0 spiro atoms. The molecule has 1 heterocycles. The van der Waals surface area contributed by atoms with E-state index in [1.54, 1.807) is 30.3 Å². The number of fused-ring (bicyclic) bond motifs is 1. The first-order valence-corrected chi connectivity index (χ1v) is 11.4. The normalized spacial score (nSPS) is 13.2. The molecule has 5 nitrogen and oxygen atoms in total. The van der Waals surface area contributed by atoms with Crippen molar-refractivity contribution >= 4 is 38.9 Å². The van der Waals surface area contributed by atoms with Gasteiger partial charge in [0.15, 0.2) is 0 Å². The van der Waals surface area contributed by atoms with Gasteiger partial charge in [0.2, 0.25) is 0 Å². The van der Waals surface area contributed by atoms with Gasteiger partial charge in [-0.25, -0.2) is 8.42 Å². The van der Waals surface area contributed by atoms with Gasteiger partial charge < -0.3 is 5.32 Å². The van der Waals surface area contributed by atoms with Crippen LogP contribution in [0.3, 0.4) is 0 Å². The number of carbonyl (C=O) groups excluding carboxylic acids is 1. The number of hydrogen-bond acceptors (Lipinski definition) is 3. The van der Waals surface area contributed by atoms with Crippen LogP contribution in [0.15, 0.2) is 65.6 Å². The summed E-state index contributed by atoms with van der Waals surface area (Å²) < 4.78 is 27.5. The average molecular weight is 441 g/mol. The molecule has 1 aliphatic heterocycles. The fourth-order valence-electron chi connectivity index (χ4n) is 3.64. The summed E-state index contributed by atoms with van der Waals surface area (Å²) >= 11 is 5.88. The van der Waals surface area contributed by atoms with Crippen LogP contribution in [0.1, 0.15) is 27.0 Å². The van der Waals surface area contributed by atoms with Crippen LogP contribution in [-0.4, -0.2) is 20.9 Å². The van der Waals surface area contributed by atoms with Gasteiger partial charge >= 0.3 is 0 Å². The maximum Gasteiger partial charge on any atom is 0.264 e. The Labute approximate surface area is 181 Å². The number of aryl methyl sites for hydroxylation is 2. The Balaban J connectivity index is 1.59. The topological polar surface area (TPSA) is 66.5 Å². The fraction of sp³-hybridized carbons (Fsp3) is 0.174. The van der Waals surface area contributed by atoms with E-state index < -0.39 is 10.0 Å². The molecule has 0 bridgehead atoms. The summed E-state index contributed by atoms with van der Waals surface area (Å²) in [5.41, 5.74) is 4.82. The molecule has 0 aromatic heterocycles. The van der Waals surface area contributed by atoms with E-state index in [9.17, 15) is 13.2 Å². The summed E-state index contributed by atoms with van der Waals surface area (Å²) in [7, 11) is -3.69. The predicted molar refractivity (Wildman–Crippen MR) is 120 cm³/mol. The van der Waals surface area contributed by atoms with E-state index in [2.05, 4.69) is 5.32 Å². The van der Waals surface area contributed by atoms with E-state index >= 15 is 0 Å². The molecule has 0 radical (unpaired) electrons. The van der Waals surface area contributed by atoms with Crippen LogP contribution in [0.25, 0.3) is 0 Å². The minimum atomic E-state index is -3.69. The molecule has 30 heavy (non-hydrogen) atoms. The fourth-order valence-corrected chi connectivity index (χ4v) is 5.27. The van der Waals surface area contributed by atoms with Gasteiger partial charge in [-0.2, -0.15) is 0 Å². The lowest BCUT2D eigenvalue weighted by Crippen LogP contribution is -2.29. The molecule has 1 aliphatic rings. The second kappa shape index (κ2) is 7.78.